The number of β-amino-alcohol motifs (C(OH)–C–C–N with tert-alkyl or cyclic N) is 1. The summed E-state index contributed by atoms with van der Waals surface area (Å²) >= 11 is 11.7. The second-order valence-corrected chi connectivity index (χ2v) is 4.61. The minimum absolute atomic E-state index is 0.182. The molecule has 1 heterocycles. The third-order valence-corrected chi connectivity index (χ3v) is 3.31. The van der Waals surface area contributed by atoms with E-state index in [1.807, 2.05) is 0 Å². The average Bonchev–Trinajstić information content (AvgIpc) is 2.27. The summed E-state index contributed by atoms with van der Waals surface area (Å²) in [5.41, 5.74) is 0. The van der Waals surface area contributed by atoms with Crippen molar-refractivity contribution in [1.29, 1.82) is 0 Å². The number of benzene rings is 1. The smallest absolute Gasteiger partial charge is 0.127 e. The fourth-order valence-electron chi connectivity index (χ4n) is 1.68. The van der Waals surface area contributed by atoms with E-state index in [1.54, 1.807) is 18.2 Å². The van der Waals surface area contributed by atoms with E-state index in [4.69, 9.17) is 27.9 Å². The van der Waals surface area contributed by atoms with E-state index >= 15 is 0 Å². The van der Waals surface area contributed by atoms with Crippen molar-refractivity contribution in [3.05, 3.63) is 28.2 Å². The molecule has 0 saturated carbocycles. The third-order valence-electron chi connectivity index (χ3n) is 2.57. The Morgan fingerprint density at radius 3 is 2.81 bits per heavy atom. The first-order chi connectivity index (χ1) is 7.66. The molecule has 5 heteroatoms. The van der Waals surface area contributed by atoms with Crippen LogP contribution in [0.4, 0.5) is 0 Å². The van der Waals surface area contributed by atoms with Gasteiger partial charge in [0.15, 0.2) is 0 Å². The molecule has 88 valence electrons. The molecule has 0 aromatic heterocycles. The van der Waals surface area contributed by atoms with Crippen molar-refractivity contribution in [3.8, 4) is 5.75 Å². The van der Waals surface area contributed by atoms with Gasteiger partial charge in [-0.1, -0.05) is 23.2 Å². The number of piperidine rings is 1. The van der Waals surface area contributed by atoms with Gasteiger partial charge in [0, 0.05) is 12.6 Å². The molecule has 2 atom stereocenters. The highest BCUT2D eigenvalue weighted by Gasteiger charge is 2.24. The maximum absolute atomic E-state index is 9.71. The highest BCUT2D eigenvalue weighted by atomic mass is 35.5. The van der Waals surface area contributed by atoms with E-state index in [9.17, 15) is 5.11 Å². The Bertz CT molecular complexity index is 373. The number of halogens is 2. The van der Waals surface area contributed by atoms with Crippen LogP contribution >= 0.6 is 23.2 Å². The molecule has 0 spiro atoms. The minimum atomic E-state index is -0.483. The van der Waals surface area contributed by atoms with Crippen molar-refractivity contribution in [2.45, 2.75) is 18.6 Å². The number of ether oxygens (including phenoxy) is 1. The summed E-state index contributed by atoms with van der Waals surface area (Å²) < 4.78 is 5.67. The van der Waals surface area contributed by atoms with Crippen LogP contribution in [0.2, 0.25) is 10.0 Å². The highest BCUT2D eigenvalue weighted by Crippen LogP contribution is 2.27. The van der Waals surface area contributed by atoms with Gasteiger partial charge in [-0.05, 0) is 25.1 Å². The monoisotopic (exact) mass is 261 g/mol. The van der Waals surface area contributed by atoms with Gasteiger partial charge in [0.2, 0.25) is 0 Å². The Morgan fingerprint density at radius 2 is 2.12 bits per heavy atom. The largest absolute Gasteiger partial charge is 0.488 e. The van der Waals surface area contributed by atoms with Crippen LogP contribution in [0.5, 0.6) is 5.75 Å². The molecule has 0 bridgehead atoms. The van der Waals surface area contributed by atoms with Gasteiger partial charge in [0.25, 0.3) is 0 Å². The lowest BCUT2D eigenvalue weighted by Gasteiger charge is -2.28. The first kappa shape index (κ1) is 12.0. The Labute approximate surface area is 104 Å². The van der Waals surface area contributed by atoms with E-state index in [0.717, 1.165) is 13.0 Å². The second-order valence-electron chi connectivity index (χ2n) is 3.79. The van der Waals surface area contributed by atoms with E-state index < -0.39 is 6.10 Å². The molecule has 1 saturated heterocycles. The molecule has 0 radical (unpaired) electrons. The SMILES string of the molecule is O[C@@H]1CNCC[C@H]1Oc1ccc(Cl)c(Cl)c1. The molecule has 3 nitrogen and oxygen atoms in total. The van der Waals surface area contributed by atoms with E-state index in [2.05, 4.69) is 5.32 Å². The Hall–Kier alpha value is -0.480. The Kier molecular flexibility index (Phi) is 3.92. The lowest BCUT2D eigenvalue weighted by molar-refractivity contribution is 0.0163. The fraction of sp³-hybridized carbons (Fsp3) is 0.455. The zero-order chi connectivity index (χ0) is 11.5. The Morgan fingerprint density at radius 1 is 1.31 bits per heavy atom. The lowest BCUT2D eigenvalue weighted by atomic mass is 10.1. The van der Waals surface area contributed by atoms with Gasteiger partial charge in [-0.2, -0.15) is 0 Å². The lowest BCUT2D eigenvalue weighted by Crippen LogP contribution is -2.46. The van der Waals surface area contributed by atoms with Crippen LogP contribution in [0, 0.1) is 0 Å². The number of hydrogen-bond donors (Lipinski definition) is 2. The summed E-state index contributed by atoms with van der Waals surface area (Å²) in [5.74, 6) is 0.639. The molecule has 2 N–H and O–H groups in total. The molecule has 16 heavy (non-hydrogen) atoms. The van der Waals surface area contributed by atoms with Crippen LogP contribution < -0.4 is 10.1 Å². The third kappa shape index (κ3) is 2.80. The van der Waals surface area contributed by atoms with Crippen LogP contribution in [-0.2, 0) is 0 Å². The van der Waals surface area contributed by atoms with E-state index in [-0.39, 0.29) is 6.10 Å². The van der Waals surface area contributed by atoms with Gasteiger partial charge in [0.1, 0.15) is 18.0 Å². The maximum atomic E-state index is 9.71. The Balaban J connectivity index is 2.05. The van der Waals surface area contributed by atoms with Gasteiger partial charge in [-0.3, -0.25) is 0 Å². The van der Waals surface area contributed by atoms with Crippen LogP contribution in [-0.4, -0.2) is 30.4 Å². The summed E-state index contributed by atoms with van der Waals surface area (Å²) in [7, 11) is 0. The topological polar surface area (TPSA) is 41.5 Å². The minimum Gasteiger partial charge on any atom is -0.488 e. The standard InChI is InChI=1S/C11H13Cl2NO2/c12-8-2-1-7(5-9(8)13)16-11-3-4-14-6-10(11)15/h1-2,5,10-11,14-15H,3-4,6H2/t10-,11-/m1/s1. The van der Waals surface area contributed by atoms with Crippen molar-refractivity contribution in [2.75, 3.05) is 13.1 Å². The first-order valence-corrected chi connectivity index (χ1v) is 5.93. The summed E-state index contributed by atoms with van der Waals surface area (Å²) in [4.78, 5) is 0. The van der Waals surface area contributed by atoms with Crippen LogP contribution in [0.15, 0.2) is 18.2 Å². The number of hydrogen-bond acceptors (Lipinski definition) is 3. The molecule has 1 aromatic carbocycles. The molecule has 1 aromatic rings. The van der Waals surface area contributed by atoms with Crippen molar-refractivity contribution >= 4 is 23.2 Å². The normalized spacial score (nSPS) is 25.4. The summed E-state index contributed by atoms with van der Waals surface area (Å²) in [5, 5.41) is 13.8. The van der Waals surface area contributed by atoms with Crippen molar-refractivity contribution in [2.24, 2.45) is 0 Å². The number of rotatable bonds is 2. The zero-order valence-corrected chi connectivity index (χ0v) is 10.1. The molecule has 0 amide bonds. The van der Waals surface area contributed by atoms with E-state index in [1.165, 1.54) is 0 Å². The van der Waals surface area contributed by atoms with Crippen molar-refractivity contribution in [1.82, 2.24) is 5.32 Å². The van der Waals surface area contributed by atoms with Crippen LogP contribution in [0.3, 0.4) is 0 Å². The van der Waals surface area contributed by atoms with Gasteiger partial charge in [0.05, 0.1) is 10.0 Å². The zero-order valence-electron chi connectivity index (χ0n) is 8.62. The van der Waals surface area contributed by atoms with Crippen LogP contribution in [0.25, 0.3) is 0 Å². The van der Waals surface area contributed by atoms with Gasteiger partial charge in [-0.25, -0.2) is 0 Å². The molecule has 1 aliphatic heterocycles. The second kappa shape index (κ2) is 5.23. The molecule has 0 aliphatic carbocycles. The molecule has 2 rings (SSSR count). The summed E-state index contributed by atoms with van der Waals surface area (Å²) in [6.07, 6.45) is 0.114. The van der Waals surface area contributed by atoms with Crippen molar-refractivity contribution < 1.29 is 9.84 Å². The van der Waals surface area contributed by atoms with Gasteiger partial charge >= 0.3 is 0 Å². The number of aliphatic hydroxyl groups is 1. The molecule has 0 unspecified atom stereocenters. The van der Waals surface area contributed by atoms with Gasteiger partial charge in [-0.15, -0.1) is 0 Å². The maximum Gasteiger partial charge on any atom is 0.127 e. The summed E-state index contributed by atoms with van der Waals surface area (Å²) in [6.45, 7) is 1.41. The fourth-order valence-corrected chi connectivity index (χ4v) is 1.97. The first-order valence-electron chi connectivity index (χ1n) is 5.17. The van der Waals surface area contributed by atoms with E-state index in [0.29, 0.717) is 22.3 Å². The quantitative estimate of drug-likeness (QED) is 0.857. The molecule has 1 fully saturated rings. The number of nitrogens with one attached hydrogen (secondary N) is 1. The molecular formula is C11H13Cl2NO2. The molecular weight excluding hydrogens is 249 g/mol. The highest BCUT2D eigenvalue weighted by molar-refractivity contribution is 6.42. The molecule has 1 aliphatic rings. The predicted molar refractivity (Wildman–Crippen MR) is 64.4 cm³/mol. The average molecular weight is 262 g/mol. The van der Waals surface area contributed by atoms with Crippen LogP contribution in [0.1, 0.15) is 6.42 Å². The summed E-state index contributed by atoms with van der Waals surface area (Å²) in [6, 6.07) is 5.11. The van der Waals surface area contributed by atoms with Crippen molar-refractivity contribution in [3.63, 3.8) is 0 Å². The predicted octanol–water partition coefficient (Wildman–Crippen LogP) is 2.09. The number of aliphatic hydroxyl groups excluding tert-OH is 1. The van der Waals surface area contributed by atoms with Gasteiger partial charge < -0.3 is 15.2 Å².